The predicted octanol–water partition coefficient (Wildman–Crippen LogP) is 1.37. The van der Waals surface area contributed by atoms with Gasteiger partial charge in [-0.3, -0.25) is 4.99 Å². The van der Waals surface area contributed by atoms with Gasteiger partial charge in [-0.05, 0) is 6.92 Å². The van der Waals surface area contributed by atoms with Gasteiger partial charge in [0, 0.05) is 6.21 Å². The molecule has 1 aliphatic heterocycles. The third-order valence-electron chi connectivity index (χ3n) is 1.34. The van der Waals surface area contributed by atoms with Crippen molar-refractivity contribution < 1.29 is 17.9 Å². The molecule has 1 unspecified atom stereocenters. The fraction of sp³-hybridized carbons (Fsp3) is 0.800. The molecule has 1 rings (SSSR count). The highest BCUT2D eigenvalue weighted by Gasteiger charge is 2.53. The number of alkyl halides is 3. The van der Waals surface area contributed by atoms with Crippen LogP contribution in [0, 0.1) is 0 Å². The van der Waals surface area contributed by atoms with Gasteiger partial charge in [-0.1, -0.05) is 0 Å². The van der Waals surface area contributed by atoms with E-state index in [1.807, 2.05) is 0 Å². The average molecular weight is 153 g/mol. The van der Waals surface area contributed by atoms with Crippen LogP contribution < -0.4 is 0 Å². The largest absolute Gasteiger partial charge is 0.422 e. The Morgan fingerprint density at radius 3 is 2.40 bits per heavy atom. The Morgan fingerprint density at radius 1 is 1.60 bits per heavy atom. The molecule has 0 aromatic heterocycles. The highest BCUT2D eigenvalue weighted by atomic mass is 19.4. The lowest BCUT2D eigenvalue weighted by Crippen LogP contribution is -2.43. The van der Waals surface area contributed by atoms with Crippen molar-refractivity contribution in [3.05, 3.63) is 0 Å². The van der Waals surface area contributed by atoms with Crippen molar-refractivity contribution in [2.75, 3.05) is 6.73 Å². The summed E-state index contributed by atoms with van der Waals surface area (Å²) in [6, 6.07) is 0. The summed E-state index contributed by atoms with van der Waals surface area (Å²) in [6.07, 6.45) is -3.57. The minimum Gasteiger partial charge on any atom is -0.338 e. The standard InChI is InChI=1S/C5H6F3NO/c1-4(5(6,7)8)2-9-3-10-4/h2H,3H2,1H3. The summed E-state index contributed by atoms with van der Waals surface area (Å²) in [6.45, 7) is 0.750. The normalized spacial score (nSPS) is 33.2. The molecular weight excluding hydrogens is 147 g/mol. The fourth-order valence-corrected chi connectivity index (χ4v) is 0.575. The van der Waals surface area contributed by atoms with Crippen LogP contribution in [-0.4, -0.2) is 24.7 Å². The van der Waals surface area contributed by atoms with Gasteiger partial charge in [-0.2, -0.15) is 13.2 Å². The van der Waals surface area contributed by atoms with Crippen LogP contribution in [0.25, 0.3) is 0 Å². The number of hydrogen-bond donors (Lipinski definition) is 0. The summed E-state index contributed by atoms with van der Waals surface area (Å²) >= 11 is 0. The van der Waals surface area contributed by atoms with Crippen molar-refractivity contribution in [2.45, 2.75) is 18.7 Å². The highest BCUT2D eigenvalue weighted by molar-refractivity contribution is 5.70. The molecule has 0 saturated carbocycles. The second-order valence-corrected chi connectivity index (χ2v) is 2.19. The molecule has 0 aromatic carbocycles. The van der Waals surface area contributed by atoms with Crippen LogP contribution >= 0.6 is 0 Å². The quantitative estimate of drug-likeness (QED) is 0.515. The van der Waals surface area contributed by atoms with Gasteiger partial charge < -0.3 is 4.74 Å². The van der Waals surface area contributed by atoms with E-state index < -0.39 is 11.8 Å². The molecule has 2 nitrogen and oxygen atoms in total. The van der Waals surface area contributed by atoms with E-state index in [-0.39, 0.29) is 6.73 Å². The molecule has 0 fully saturated rings. The molecular formula is C5H6F3NO. The summed E-state index contributed by atoms with van der Waals surface area (Å²) in [5.41, 5.74) is -2.16. The maximum absolute atomic E-state index is 11.9. The van der Waals surface area contributed by atoms with Crippen LogP contribution in [0.2, 0.25) is 0 Å². The van der Waals surface area contributed by atoms with Crippen molar-refractivity contribution in [3.63, 3.8) is 0 Å². The van der Waals surface area contributed by atoms with Crippen LogP contribution in [0.3, 0.4) is 0 Å². The van der Waals surface area contributed by atoms with Crippen LogP contribution in [0.15, 0.2) is 4.99 Å². The second kappa shape index (κ2) is 1.95. The van der Waals surface area contributed by atoms with Crippen molar-refractivity contribution in [3.8, 4) is 0 Å². The Kier molecular flexibility index (Phi) is 1.47. The monoisotopic (exact) mass is 153 g/mol. The topological polar surface area (TPSA) is 21.6 Å². The summed E-state index contributed by atoms with van der Waals surface area (Å²) in [5, 5.41) is 0. The van der Waals surface area contributed by atoms with Crippen molar-refractivity contribution >= 4 is 6.21 Å². The zero-order chi connectivity index (χ0) is 7.83. The van der Waals surface area contributed by atoms with Gasteiger partial charge in [-0.15, -0.1) is 0 Å². The van der Waals surface area contributed by atoms with Gasteiger partial charge >= 0.3 is 6.18 Å². The molecule has 0 radical (unpaired) electrons. The lowest BCUT2D eigenvalue weighted by atomic mass is 10.1. The zero-order valence-electron chi connectivity index (χ0n) is 5.27. The molecule has 1 aliphatic rings. The Balaban J connectivity index is 2.78. The van der Waals surface area contributed by atoms with E-state index >= 15 is 0 Å². The summed E-state index contributed by atoms with van der Waals surface area (Å²) < 4.78 is 40.1. The maximum Gasteiger partial charge on any atom is 0.422 e. The van der Waals surface area contributed by atoms with E-state index in [0.29, 0.717) is 0 Å². The van der Waals surface area contributed by atoms with Crippen LogP contribution in [0.4, 0.5) is 13.2 Å². The fourth-order valence-electron chi connectivity index (χ4n) is 0.575. The Labute approximate surface area is 55.7 Å². The Bertz CT molecular complexity index is 165. The first-order chi connectivity index (χ1) is 4.46. The van der Waals surface area contributed by atoms with Gasteiger partial charge in [-0.25, -0.2) is 0 Å². The van der Waals surface area contributed by atoms with E-state index in [1.165, 1.54) is 0 Å². The number of nitrogens with zero attached hydrogens (tertiary/aromatic N) is 1. The Hall–Kier alpha value is -0.580. The lowest BCUT2D eigenvalue weighted by molar-refractivity contribution is -0.232. The first kappa shape index (κ1) is 7.53. The number of rotatable bonds is 0. The van der Waals surface area contributed by atoms with Gasteiger partial charge in [0.25, 0.3) is 0 Å². The van der Waals surface area contributed by atoms with Gasteiger partial charge in [0.15, 0.2) is 5.60 Å². The molecule has 58 valence electrons. The van der Waals surface area contributed by atoms with E-state index in [0.717, 1.165) is 13.1 Å². The number of ether oxygens (including phenoxy) is 1. The van der Waals surface area contributed by atoms with Gasteiger partial charge in [0.1, 0.15) is 6.73 Å². The van der Waals surface area contributed by atoms with Crippen LogP contribution in [0.5, 0.6) is 0 Å². The van der Waals surface area contributed by atoms with Crippen LogP contribution in [0.1, 0.15) is 6.92 Å². The molecule has 0 aromatic rings. The summed E-state index contributed by atoms with van der Waals surface area (Å²) in [4.78, 5) is 3.34. The Morgan fingerprint density at radius 2 is 2.20 bits per heavy atom. The number of halogens is 3. The van der Waals surface area contributed by atoms with Crippen LogP contribution in [-0.2, 0) is 4.74 Å². The van der Waals surface area contributed by atoms with E-state index in [9.17, 15) is 13.2 Å². The first-order valence-electron chi connectivity index (χ1n) is 2.67. The van der Waals surface area contributed by atoms with Crippen molar-refractivity contribution in [1.29, 1.82) is 0 Å². The molecule has 0 amide bonds. The number of aliphatic imine (C=N–C) groups is 1. The summed E-state index contributed by atoms with van der Waals surface area (Å²) in [7, 11) is 0. The summed E-state index contributed by atoms with van der Waals surface area (Å²) in [5.74, 6) is 0. The third kappa shape index (κ3) is 1.01. The molecule has 1 atom stereocenters. The predicted molar refractivity (Wildman–Crippen MR) is 28.9 cm³/mol. The van der Waals surface area contributed by atoms with Crippen molar-refractivity contribution in [1.82, 2.24) is 0 Å². The molecule has 0 N–H and O–H groups in total. The molecule has 5 heteroatoms. The van der Waals surface area contributed by atoms with E-state index in [4.69, 9.17) is 0 Å². The highest BCUT2D eigenvalue weighted by Crippen LogP contribution is 2.33. The SMILES string of the molecule is CC1(C(F)(F)F)C=NCO1. The van der Waals surface area contributed by atoms with Crippen molar-refractivity contribution in [2.24, 2.45) is 4.99 Å². The number of hydrogen-bond acceptors (Lipinski definition) is 2. The minimum absolute atomic E-state index is 0.198. The molecule has 1 heterocycles. The smallest absolute Gasteiger partial charge is 0.338 e. The molecule has 0 spiro atoms. The average Bonchev–Trinajstić information content (AvgIpc) is 2.13. The maximum atomic E-state index is 11.9. The second-order valence-electron chi connectivity index (χ2n) is 2.19. The van der Waals surface area contributed by atoms with Gasteiger partial charge in [0.05, 0.1) is 0 Å². The van der Waals surface area contributed by atoms with E-state index in [2.05, 4.69) is 9.73 Å². The lowest BCUT2D eigenvalue weighted by Gasteiger charge is -2.22. The van der Waals surface area contributed by atoms with E-state index in [1.54, 1.807) is 0 Å². The molecule has 0 aliphatic carbocycles. The first-order valence-corrected chi connectivity index (χ1v) is 2.67. The molecule has 0 bridgehead atoms. The van der Waals surface area contributed by atoms with Gasteiger partial charge in [0.2, 0.25) is 0 Å². The zero-order valence-corrected chi connectivity index (χ0v) is 5.27. The minimum atomic E-state index is -4.35. The molecule has 10 heavy (non-hydrogen) atoms. The molecule has 0 saturated heterocycles. The third-order valence-corrected chi connectivity index (χ3v) is 1.34.